The van der Waals surface area contributed by atoms with Crippen LogP contribution in [-0.2, 0) is 6.54 Å². The summed E-state index contributed by atoms with van der Waals surface area (Å²) in [5.41, 5.74) is 9.98. The second kappa shape index (κ2) is 9.59. The minimum Gasteiger partial charge on any atom is -0.390 e. The van der Waals surface area contributed by atoms with E-state index in [0.717, 1.165) is 36.2 Å². The lowest BCUT2D eigenvalue weighted by molar-refractivity contribution is -0.107. The van der Waals surface area contributed by atoms with Crippen LogP contribution in [0, 0.1) is 5.41 Å². The summed E-state index contributed by atoms with van der Waals surface area (Å²) < 4.78 is 2.18. The highest BCUT2D eigenvalue weighted by atomic mass is 16.3. The Labute approximate surface area is 211 Å². The number of aliphatic hydroxyl groups is 1. The molecule has 0 bridgehead atoms. The number of rotatable bonds is 9. The van der Waals surface area contributed by atoms with Crippen molar-refractivity contribution in [1.29, 1.82) is 0 Å². The second-order valence-electron chi connectivity index (χ2n) is 11.1. The quantitative estimate of drug-likeness (QED) is 0.357. The zero-order valence-corrected chi connectivity index (χ0v) is 21.0. The van der Waals surface area contributed by atoms with E-state index in [9.17, 15) is 5.11 Å². The molecular weight excluding hydrogens is 454 g/mol. The van der Waals surface area contributed by atoms with Crippen LogP contribution in [0.25, 0.3) is 11.2 Å². The van der Waals surface area contributed by atoms with E-state index in [-0.39, 0.29) is 6.54 Å². The molecular formula is C26H37N9O. The lowest BCUT2D eigenvalue weighted by Crippen LogP contribution is -2.70. The molecule has 1 saturated carbocycles. The minimum absolute atomic E-state index is 0.183. The van der Waals surface area contributed by atoms with Crippen molar-refractivity contribution in [2.45, 2.75) is 44.4 Å². The first kappa shape index (κ1) is 23.6. The van der Waals surface area contributed by atoms with Gasteiger partial charge in [0.05, 0.1) is 12.4 Å². The van der Waals surface area contributed by atoms with Crippen LogP contribution >= 0.6 is 0 Å². The first-order valence-corrected chi connectivity index (χ1v) is 13.1. The van der Waals surface area contributed by atoms with Gasteiger partial charge in [0.2, 0.25) is 5.95 Å². The van der Waals surface area contributed by atoms with E-state index in [2.05, 4.69) is 61.3 Å². The Morgan fingerprint density at radius 1 is 1.11 bits per heavy atom. The topological polar surface area (TPSA) is 120 Å². The molecule has 1 spiro atoms. The number of likely N-dealkylation sites (tertiary alicyclic amines) is 2. The normalized spacial score (nSPS) is 21.0. The van der Waals surface area contributed by atoms with Crippen LogP contribution in [0.1, 0.15) is 37.3 Å². The molecule has 2 aromatic heterocycles. The number of anilines is 3. The van der Waals surface area contributed by atoms with Gasteiger partial charge >= 0.3 is 0 Å². The summed E-state index contributed by atoms with van der Waals surface area (Å²) in [5, 5.41) is 16.5. The third-order valence-electron chi connectivity index (χ3n) is 7.86. The Kier molecular flexibility index (Phi) is 6.28. The number of nitrogens with zero attached hydrogens (tertiary/aromatic N) is 6. The molecule has 10 nitrogen and oxygen atoms in total. The van der Waals surface area contributed by atoms with E-state index in [1.807, 2.05) is 6.33 Å². The van der Waals surface area contributed by atoms with Gasteiger partial charge in [-0.05, 0) is 37.6 Å². The van der Waals surface area contributed by atoms with Crippen molar-refractivity contribution >= 4 is 28.6 Å². The van der Waals surface area contributed by atoms with Gasteiger partial charge in [0.1, 0.15) is 0 Å². The summed E-state index contributed by atoms with van der Waals surface area (Å²) in [6, 6.07) is 9.00. The maximum absolute atomic E-state index is 9.91. The van der Waals surface area contributed by atoms with Crippen molar-refractivity contribution in [3.63, 3.8) is 0 Å². The number of aliphatic hydroxyl groups excluding tert-OH is 1. The van der Waals surface area contributed by atoms with Crippen LogP contribution in [0.5, 0.6) is 0 Å². The molecule has 2 aliphatic heterocycles. The van der Waals surface area contributed by atoms with E-state index in [1.54, 1.807) is 0 Å². The zero-order chi connectivity index (χ0) is 24.7. The predicted molar refractivity (Wildman–Crippen MR) is 141 cm³/mol. The van der Waals surface area contributed by atoms with Gasteiger partial charge in [-0.15, -0.1) is 0 Å². The monoisotopic (exact) mass is 491 g/mol. The minimum atomic E-state index is -0.653. The van der Waals surface area contributed by atoms with Crippen LogP contribution < -0.4 is 16.4 Å². The predicted octanol–water partition coefficient (Wildman–Crippen LogP) is 2.16. The number of hydrogen-bond acceptors (Lipinski definition) is 9. The zero-order valence-electron chi connectivity index (χ0n) is 21.0. The van der Waals surface area contributed by atoms with Gasteiger partial charge in [-0.3, -0.25) is 4.90 Å². The summed E-state index contributed by atoms with van der Waals surface area (Å²) in [6.07, 6.45) is 5.99. The van der Waals surface area contributed by atoms with Crippen LogP contribution in [0.2, 0.25) is 0 Å². The molecule has 3 fully saturated rings. The van der Waals surface area contributed by atoms with Gasteiger partial charge in [0.25, 0.3) is 0 Å². The molecule has 0 amide bonds. The third kappa shape index (κ3) is 4.66. The van der Waals surface area contributed by atoms with Crippen molar-refractivity contribution < 1.29 is 5.11 Å². The molecule has 1 aliphatic carbocycles. The van der Waals surface area contributed by atoms with E-state index in [4.69, 9.17) is 15.7 Å². The van der Waals surface area contributed by atoms with E-state index < -0.39 is 6.10 Å². The Bertz CT molecular complexity index is 1190. The van der Waals surface area contributed by atoms with Crippen LogP contribution in [0.4, 0.5) is 17.5 Å². The Morgan fingerprint density at radius 2 is 1.86 bits per heavy atom. The number of fused-ring (bicyclic) bond motifs is 1. The number of hydrogen-bond donors (Lipinski definition) is 4. The number of nitrogens with two attached hydrogens (primary N) is 1. The molecule has 5 N–H and O–H groups in total. The van der Waals surface area contributed by atoms with Crippen molar-refractivity contribution in [3.8, 4) is 0 Å². The second-order valence-corrected chi connectivity index (χ2v) is 11.1. The molecule has 4 heterocycles. The first-order valence-electron chi connectivity index (χ1n) is 13.1. The number of benzene rings is 1. The molecule has 192 valence electrons. The smallest absolute Gasteiger partial charge is 0.226 e. The van der Waals surface area contributed by atoms with Crippen molar-refractivity contribution in [3.05, 3.63) is 36.2 Å². The Hall–Kier alpha value is -2.79. The average molecular weight is 492 g/mol. The maximum atomic E-state index is 9.91. The SMILES string of the molecule is CN1CC2(C1)CN(Cc1ccc(Nc3nc(NCC(O)CN)nc4c3ncn4C3CCCC3)cc1)C2. The van der Waals surface area contributed by atoms with Crippen LogP contribution in [-0.4, -0.2) is 86.8 Å². The van der Waals surface area contributed by atoms with Crippen molar-refractivity contribution in [1.82, 2.24) is 29.3 Å². The highest BCUT2D eigenvalue weighted by Crippen LogP contribution is 2.39. The van der Waals surface area contributed by atoms with Crippen molar-refractivity contribution in [2.24, 2.45) is 11.1 Å². The van der Waals surface area contributed by atoms with Gasteiger partial charge in [0, 0.05) is 63.0 Å². The fourth-order valence-electron chi connectivity index (χ4n) is 6.23. The summed E-state index contributed by atoms with van der Waals surface area (Å²) in [5.74, 6) is 1.12. The standard InChI is InChI=1S/C26H37N9O/c1-33-13-26(14-33)15-34(16-26)12-18-6-8-19(9-7-18)30-23-22-24(32-25(31-23)28-11-21(36)10-27)35(17-29-22)20-4-2-3-5-20/h6-9,17,20-21,36H,2-5,10-16,27H2,1H3,(H2,28,30,31,32). The Balaban J connectivity index is 1.19. The number of nitrogens with one attached hydrogen (secondary N) is 2. The van der Waals surface area contributed by atoms with E-state index in [0.29, 0.717) is 29.8 Å². The molecule has 3 aliphatic rings. The summed E-state index contributed by atoms with van der Waals surface area (Å²) in [6.45, 7) is 6.34. The van der Waals surface area contributed by atoms with Crippen LogP contribution in [0.3, 0.4) is 0 Å². The number of aromatic nitrogens is 4. The van der Waals surface area contributed by atoms with Gasteiger partial charge < -0.3 is 30.9 Å². The van der Waals surface area contributed by atoms with Gasteiger partial charge in [0.15, 0.2) is 17.0 Å². The average Bonchev–Trinajstić information content (AvgIpc) is 3.51. The molecule has 36 heavy (non-hydrogen) atoms. The fourth-order valence-corrected chi connectivity index (χ4v) is 6.23. The lowest BCUT2D eigenvalue weighted by Gasteiger charge is -2.59. The highest BCUT2D eigenvalue weighted by Gasteiger charge is 2.49. The van der Waals surface area contributed by atoms with E-state index >= 15 is 0 Å². The van der Waals surface area contributed by atoms with E-state index in [1.165, 1.54) is 44.6 Å². The molecule has 1 atom stereocenters. The number of imidazole rings is 1. The summed E-state index contributed by atoms with van der Waals surface area (Å²) >= 11 is 0. The molecule has 3 aromatic rings. The molecule has 1 aromatic carbocycles. The molecule has 2 saturated heterocycles. The molecule has 10 heteroatoms. The molecule has 6 rings (SSSR count). The van der Waals surface area contributed by atoms with Gasteiger partial charge in [-0.2, -0.15) is 9.97 Å². The maximum Gasteiger partial charge on any atom is 0.226 e. The largest absolute Gasteiger partial charge is 0.390 e. The fraction of sp³-hybridized carbons (Fsp3) is 0.577. The summed E-state index contributed by atoms with van der Waals surface area (Å²) in [4.78, 5) is 19.1. The molecule has 0 radical (unpaired) electrons. The van der Waals surface area contributed by atoms with Crippen LogP contribution in [0.15, 0.2) is 30.6 Å². The lowest BCUT2D eigenvalue weighted by atomic mass is 9.73. The van der Waals surface area contributed by atoms with Gasteiger partial charge in [-0.1, -0.05) is 25.0 Å². The third-order valence-corrected chi connectivity index (χ3v) is 7.86. The van der Waals surface area contributed by atoms with Gasteiger partial charge in [-0.25, -0.2) is 4.98 Å². The highest BCUT2D eigenvalue weighted by molar-refractivity contribution is 5.86. The summed E-state index contributed by atoms with van der Waals surface area (Å²) in [7, 11) is 2.20. The Morgan fingerprint density at radius 3 is 2.56 bits per heavy atom. The molecule has 1 unspecified atom stereocenters. The van der Waals surface area contributed by atoms with Crippen molar-refractivity contribution in [2.75, 3.05) is 56.9 Å². The first-order chi connectivity index (χ1) is 17.5.